The quantitative estimate of drug-likeness (QED) is 0.269. The van der Waals surface area contributed by atoms with Crippen LogP contribution >= 0.6 is 0 Å². The molecule has 2 saturated heterocycles. The van der Waals surface area contributed by atoms with Crippen LogP contribution < -0.4 is 10.6 Å². The molecule has 2 aliphatic heterocycles. The summed E-state index contributed by atoms with van der Waals surface area (Å²) in [7, 11) is 0. The zero-order valence-electron chi connectivity index (χ0n) is 17.3. The summed E-state index contributed by atoms with van der Waals surface area (Å²) >= 11 is 0. The molecule has 2 rings (SSSR count). The Kier molecular flexibility index (Phi) is 10.5. The number of carbonyl (C=O) groups is 2. The third-order valence-corrected chi connectivity index (χ3v) is 5.71. The molecular weight excluding hydrogens is 376 g/mol. The zero-order valence-corrected chi connectivity index (χ0v) is 17.3. The van der Waals surface area contributed by atoms with Crippen molar-refractivity contribution in [3.8, 4) is 0 Å². The van der Waals surface area contributed by atoms with Crippen LogP contribution in [-0.4, -0.2) is 66.8 Å². The van der Waals surface area contributed by atoms with Crippen molar-refractivity contribution in [3.63, 3.8) is 0 Å². The van der Waals surface area contributed by atoms with Gasteiger partial charge in [-0.15, -0.1) is 0 Å². The Balaban J connectivity index is 1.69. The summed E-state index contributed by atoms with van der Waals surface area (Å²) in [6.45, 7) is 2.61. The predicted molar refractivity (Wildman–Crippen MR) is 108 cm³/mol. The highest BCUT2D eigenvalue weighted by molar-refractivity contribution is 5.80. The van der Waals surface area contributed by atoms with Gasteiger partial charge in [0.15, 0.2) is 6.61 Å². The van der Waals surface area contributed by atoms with E-state index in [1.807, 2.05) is 13.0 Å². The maximum absolute atomic E-state index is 12.0. The van der Waals surface area contributed by atoms with Gasteiger partial charge in [-0.1, -0.05) is 25.5 Å². The lowest BCUT2D eigenvalue weighted by Crippen LogP contribution is -2.40. The third kappa shape index (κ3) is 7.95. The first-order chi connectivity index (χ1) is 14.0. The zero-order chi connectivity index (χ0) is 21.1. The topological polar surface area (TPSA) is 117 Å². The van der Waals surface area contributed by atoms with Crippen LogP contribution in [0, 0.1) is 11.8 Å². The lowest BCUT2D eigenvalue weighted by Gasteiger charge is -2.27. The molecule has 4 N–H and O–H groups in total. The van der Waals surface area contributed by atoms with Crippen molar-refractivity contribution in [1.82, 2.24) is 10.6 Å². The van der Waals surface area contributed by atoms with Gasteiger partial charge in [0.05, 0.1) is 24.9 Å². The number of nitrogens with one attached hydrogen (secondary N) is 2. The largest absolute Gasteiger partial charge is 0.439 e. The van der Waals surface area contributed by atoms with E-state index in [1.54, 1.807) is 0 Å². The van der Waals surface area contributed by atoms with Crippen molar-refractivity contribution >= 4 is 12.0 Å². The fourth-order valence-electron chi connectivity index (χ4n) is 4.06. The number of allylic oxidation sites excluding steroid dienone is 2. The lowest BCUT2D eigenvalue weighted by molar-refractivity contribution is -0.124. The van der Waals surface area contributed by atoms with Gasteiger partial charge in [0.25, 0.3) is 5.91 Å². The van der Waals surface area contributed by atoms with Crippen LogP contribution in [0.15, 0.2) is 12.2 Å². The van der Waals surface area contributed by atoms with Crippen LogP contribution in [-0.2, 0) is 14.3 Å². The van der Waals surface area contributed by atoms with E-state index in [4.69, 9.17) is 14.6 Å². The second-order valence-corrected chi connectivity index (χ2v) is 7.90. The van der Waals surface area contributed by atoms with Crippen molar-refractivity contribution in [3.05, 3.63) is 12.2 Å². The number of aliphatic hydroxyl groups is 2. The Hall–Kier alpha value is -1.64. The van der Waals surface area contributed by atoms with Gasteiger partial charge < -0.3 is 30.3 Å². The molecule has 5 atom stereocenters. The van der Waals surface area contributed by atoms with Gasteiger partial charge in [-0.2, -0.15) is 0 Å². The Morgan fingerprint density at radius 2 is 1.97 bits per heavy atom. The monoisotopic (exact) mass is 412 g/mol. The SMILES string of the molecule is CCCCNC(=O)OCC(=O)NC[C@@H]1C(C/C=C\CC[C@@H](O)CO)[C@@H]2CC[C@H]1O2. The second-order valence-electron chi connectivity index (χ2n) is 7.90. The Morgan fingerprint density at radius 3 is 2.69 bits per heavy atom. The molecule has 0 aromatic rings. The molecule has 0 aromatic heterocycles. The molecule has 2 bridgehead atoms. The first kappa shape index (κ1) is 23.6. The molecule has 1 unspecified atom stereocenters. The van der Waals surface area contributed by atoms with Crippen LogP contribution in [0.5, 0.6) is 0 Å². The van der Waals surface area contributed by atoms with Gasteiger partial charge in [-0.05, 0) is 44.4 Å². The molecule has 0 radical (unpaired) electrons. The summed E-state index contributed by atoms with van der Waals surface area (Å²) in [5, 5.41) is 23.7. The van der Waals surface area contributed by atoms with Crippen molar-refractivity contribution in [2.75, 3.05) is 26.3 Å². The molecule has 2 heterocycles. The number of alkyl carbamates (subject to hydrolysis) is 1. The number of unbranched alkanes of at least 4 members (excludes halogenated alkanes) is 1. The maximum Gasteiger partial charge on any atom is 0.407 e. The van der Waals surface area contributed by atoms with E-state index in [1.165, 1.54) is 0 Å². The second kappa shape index (κ2) is 12.8. The van der Waals surface area contributed by atoms with E-state index in [0.29, 0.717) is 25.4 Å². The normalized spacial score (nSPS) is 26.6. The Labute approximate surface area is 173 Å². The molecule has 166 valence electrons. The molecule has 29 heavy (non-hydrogen) atoms. The average Bonchev–Trinajstić information content (AvgIpc) is 3.32. The fourth-order valence-corrected chi connectivity index (χ4v) is 4.06. The molecule has 0 spiro atoms. The molecule has 2 fully saturated rings. The van der Waals surface area contributed by atoms with Crippen LogP contribution in [0.4, 0.5) is 4.79 Å². The summed E-state index contributed by atoms with van der Waals surface area (Å²) in [6.07, 6.45) is 9.39. The number of aliphatic hydroxyl groups excluding tert-OH is 2. The summed E-state index contributed by atoms with van der Waals surface area (Å²) in [4.78, 5) is 23.5. The van der Waals surface area contributed by atoms with Gasteiger partial charge >= 0.3 is 6.09 Å². The van der Waals surface area contributed by atoms with Crippen LogP contribution in [0.25, 0.3) is 0 Å². The molecular formula is C21H36N2O6. The third-order valence-electron chi connectivity index (χ3n) is 5.71. The Bertz CT molecular complexity index is 541. The summed E-state index contributed by atoms with van der Waals surface area (Å²) in [6, 6.07) is 0. The molecule has 0 saturated carbocycles. The summed E-state index contributed by atoms with van der Waals surface area (Å²) in [5.74, 6) is 0.306. The van der Waals surface area contributed by atoms with Crippen molar-refractivity contribution in [2.45, 2.75) is 70.2 Å². The van der Waals surface area contributed by atoms with E-state index in [-0.39, 0.29) is 37.2 Å². The number of rotatable bonds is 13. The number of fused-ring (bicyclic) bond motifs is 2. The van der Waals surface area contributed by atoms with Crippen LogP contribution in [0.1, 0.15) is 51.9 Å². The van der Waals surface area contributed by atoms with E-state index in [0.717, 1.165) is 38.5 Å². The predicted octanol–water partition coefficient (Wildman–Crippen LogP) is 1.50. The molecule has 2 aliphatic rings. The van der Waals surface area contributed by atoms with Gasteiger partial charge in [0.1, 0.15) is 0 Å². The van der Waals surface area contributed by atoms with Crippen LogP contribution in [0.3, 0.4) is 0 Å². The minimum absolute atomic E-state index is 0.174. The smallest absolute Gasteiger partial charge is 0.407 e. The van der Waals surface area contributed by atoms with Crippen molar-refractivity contribution in [1.29, 1.82) is 0 Å². The number of amides is 2. The first-order valence-electron chi connectivity index (χ1n) is 10.8. The number of ether oxygens (including phenoxy) is 2. The maximum atomic E-state index is 12.0. The first-order valence-corrected chi connectivity index (χ1v) is 10.8. The van der Waals surface area contributed by atoms with E-state index >= 15 is 0 Å². The van der Waals surface area contributed by atoms with Gasteiger partial charge in [-0.3, -0.25) is 4.79 Å². The number of hydrogen-bond donors (Lipinski definition) is 4. The van der Waals surface area contributed by atoms with E-state index in [2.05, 4.69) is 16.7 Å². The van der Waals surface area contributed by atoms with Crippen molar-refractivity contribution < 1.29 is 29.3 Å². The van der Waals surface area contributed by atoms with Crippen molar-refractivity contribution in [2.24, 2.45) is 11.8 Å². The minimum atomic E-state index is -0.663. The van der Waals surface area contributed by atoms with E-state index in [9.17, 15) is 14.7 Å². The van der Waals surface area contributed by atoms with E-state index < -0.39 is 12.2 Å². The highest BCUT2D eigenvalue weighted by Gasteiger charge is 2.47. The molecule has 2 amide bonds. The Morgan fingerprint density at radius 1 is 1.21 bits per heavy atom. The standard InChI is InChI=1S/C21H36N2O6/c1-2-3-11-22-21(27)28-14-20(26)23-12-17-16(18-9-10-19(17)29-18)8-6-4-5-7-15(25)13-24/h4,6,15-19,24-25H,2-3,5,7-14H2,1H3,(H,22,27)(H,23,26)/b6-4-/t15-,16?,17-,18+,19-/m1/s1. The minimum Gasteiger partial charge on any atom is -0.439 e. The van der Waals surface area contributed by atoms with Gasteiger partial charge in [0.2, 0.25) is 0 Å². The highest BCUT2D eigenvalue weighted by Crippen LogP contribution is 2.44. The van der Waals surface area contributed by atoms with Gasteiger partial charge in [0, 0.05) is 19.0 Å². The average molecular weight is 413 g/mol. The lowest BCUT2D eigenvalue weighted by atomic mass is 9.77. The molecule has 8 nitrogen and oxygen atoms in total. The summed E-state index contributed by atoms with van der Waals surface area (Å²) < 4.78 is 11.0. The number of hydrogen-bond acceptors (Lipinski definition) is 6. The highest BCUT2D eigenvalue weighted by atomic mass is 16.6. The molecule has 0 aliphatic carbocycles. The fraction of sp³-hybridized carbons (Fsp3) is 0.810. The van der Waals surface area contributed by atoms with Crippen LogP contribution in [0.2, 0.25) is 0 Å². The molecule has 8 heteroatoms. The number of carbonyl (C=O) groups excluding carboxylic acids is 2. The molecule has 0 aromatic carbocycles. The summed E-state index contributed by atoms with van der Waals surface area (Å²) in [5.41, 5.74) is 0. The van der Waals surface area contributed by atoms with Gasteiger partial charge in [-0.25, -0.2) is 4.79 Å².